The van der Waals surface area contributed by atoms with Crippen molar-refractivity contribution in [2.24, 2.45) is 0 Å². The van der Waals surface area contributed by atoms with Crippen LogP contribution in [0.2, 0.25) is 5.02 Å². The third-order valence-corrected chi connectivity index (χ3v) is 4.25. The number of hydrogen-bond acceptors (Lipinski definition) is 2. The quantitative estimate of drug-likeness (QED) is 0.811. The monoisotopic (exact) mass is 308 g/mol. The van der Waals surface area contributed by atoms with Gasteiger partial charge in [0.25, 0.3) is 0 Å². The Morgan fingerprint density at radius 1 is 1.19 bits per heavy atom. The maximum absolute atomic E-state index is 11.8. The summed E-state index contributed by atoms with van der Waals surface area (Å²) in [6.07, 6.45) is 7.91. The molecule has 0 aromatic heterocycles. The lowest BCUT2D eigenvalue weighted by Crippen LogP contribution is -2.35. The smallest absolute Gasteiger partial charge is 0.221 e. The highest BCUT2D eigenvalue weighted by Gasteiger charge is 2.12. The molecule has 0 radical (unpaired) electrons. The second-order valence-corrected chi connectivity index (χ2v) is 6.21. The number of benzene rings is 1. The van der Waals surface area contributed by atoms with Gasteiger partial charge in [0.15, 0.2) is 0 Å². The Kier molecular flexibility index (Phi) is 7.04. The summed E-state index contributed by atoms with van der Waals surface area (Å²) in [6, 6.07) is 8.40. The normalized spacial score (nSPS) is 15.9. The largest absolute Gasteiger partial charge is 0.356 e. The summed E-state index contributed by atoms with van der Waals surface area (Å²) in [5, 5.41) is 7.20. The molecule has 0 bridgehead atoms. The number of carbonyl (C=O) groups excluding carboxylic acids is 1. The molecule has 2 N–H and O–H groups in total. The topological polar surface area (TPSA) is 41.1 Å². The minimum atomic E-state index is 0.125. The summed E-state index contributed by atoms with van der Waals surface area (Å²) >= 11 is 5.93. The van der Waals surface area contributed by atoms with Crippen molar-refractivity contribution in [1.82, 2.24) is 10.6 Å². The molecule has 21 heavy (non-hydrogen) atoms. The van der Waals surface area contributed by atoms with Crippen LogP contribution in [-0.4, -0.2) is 25.0 Å². The third-order valence-electron chi connectivity index (χ3n) is 4.02. The summed E-state index contributed by atoms with van der Waals surface area (Å²) < 4.78 is 0. The first-order chi connectivity index (χ1) is 10.2. The fraction of sp³-hybridized carbons (Fsp3) is 0.588. The van der Waals surface area contributed by atoms with Crippen LogP contribution in [0.15, 0.2) is 24.3 Å². The highest BCUT2D eigenvalue weighted by atomic mass is 35.5. The molecule has 2 rings (SSSR count). The van der Waals surface area contributed by atoms with Crippen LogP contribution in [0.4, 0.5) is 0 Å². The SMILES string of the molecule is O=C(CCNC1CCCCC1)NCCc1cccc(Cl)c1. The lowest BCUT2D eigenvalue weighted by molar-refractivity contribution is -0.120. The van der Waals surface area contributed by atoms with Crippen molar-refractivity contribution in [3.8, 4) is 0 Å². The van der Waals surface area contributed by atoms with Crippen molar-refractivity contribution in [2.45, 2.75) is 51.0 Å². The van der Waals surface area contributed by atoms with E-state index in [1.54, 1.807) is 0 Å². The summed E-state index contributed by atoms with van der Waals surface area (Å²) in [4.78, 5) is 11.8. The van der Waals surface area contributed by atoms with Crippen LogP contribution in [0.25, 0.3) is 0 Å². The van der Waals surface area contributed by atoms with Gasteiger partial charge in [0.2, 0.25) is 5.91 Å². The van der Waals surface area contributed by atoms with Gasteiger partial charge in [-0.05, 0) is 37.0 Å². The highest BCUT2D eigenvalue weighted by Crippen LogP contribution is 2.17. The number of hydrogen-bond donors (Lipinski definition) is 2. The van der Waals surface area contributed by atoms with Gasteiger partial charge in [0.1, 0.15) is 0 Å². The van der Waals surface area contributed by atoms with Crippen LogP contribution in [0.3, 0.4) is 0 Å². The molecule has 0 aliphatic heterocycles. The van der Waals surface area contributed by atoms with E-state index in [-0.39, 0.29) is 5.91 Å². The van der Waals surface area contributed by atoms with Gasteiger partial charge in [-0.1, -0.05) is 43.0 Å². The van der Waals surface area contributed by atoms with E-state index >= 15 is 0 Å². The second-order valence-electron chi connectivity index (χ2n) is 5.77. The Hall–Kier alpha value is -1.06. The fourth-order valence-electron chi connectivity index (χ4n) is 2.82. The van der Waals surface area contributed by atoms with Gasteiger partial charge in [0.05, 0.1) is 0 Å². The second kappa shape index (κ2) is 9.06. The fourth-order valence-corrected chi connectivity index (χ4v) is 3.04. The Bertz CT molecular complexity index is 444. The Balaban J connectivity index is 1.55. The standard InChI is InChI=1S/C17H25ClN2O/c18-15-6-4-5-14(13-15)9-11-20-17(21)10-12-19-16-7-2-1-3-8-16/h4-6,13,16,19H,1-3,7-12H2,(H,20,21). The van der Waals surface area contributed by atoms with Gasteiger partial charge in [-0.25, -0.2) is 0 Å². The minimum absolute atomic E-state index is 0.125. The van der Waals surface area contributed by atoms with E-state index in [1.165, 1.54) is 32.1 Å². The van der Waals surface area contributed by atoms with Gasteiger partial charge in [-0.3, -0.25) is 4.79 Å². The molecule has 0 spiro atoms. The zero-order chi connectivity index (χ0) is 14.9. The molecule has 1 aliphatic rings. The van der Waals surface area contributed by atoms with E-state index in [1.807, 2.05) is 24.3 Å². The molecular formula is C17H25ClN2O. The highest BCUT2D eigenvalue weighted by molar-refractivity contribution is 6.30. The molecule has 1 amide bonds. The molecule has 0 unspecified atom stereocenters. The molecule has 1 aliphatic carbocycles. The van der Waals surface area contributed by atoms with Gasteiger partial charge in [0, 0.05) is 30.6 Å². The van der Waals surface area contributed by atoms with Crippen molar-refractivity contribution >= 4 is 17.5 Å². The number of rotatable bonds is 7. The van der Waals surface area contributed by atoms with E-state index in [0.29, 0.717) is 19.0 Å². The van der Waals surface area contributed by atoms with Crippen LogP contribution in [0.1, 0.15) is 44.1 Å². The zero-order valence-corrected chi connectivity index (χ0v) is 13.3. The summed E-state index contributed by atoms with van der Waals surface area (Å²) in [5.41, 5.74) is 1.16. The predicted molar refractivity (Wildman–Crippen MR) is 87.7 cm³/mol. The van der Waals surface area contributed by atoms with E-state index < -0.39 is 0 Å². The van der Waals surface area contributed by atoms with E-state index in [4.69, 9.17) is 11.6 Å². The lowest BCUT2D eigenvalue weighted by atomic mass is 9.95. The molecular weight excluding hydrogens is 284 g/mol. The first-order valence-electron chi connectivity index (χ1n) is 7.98. The van der Waals surface area contributed by atoms with Crippen LogP contribution in [0.5, 0.6) is 0 Å². The zero-order valence-electron chi connectivity index (χ0n) is 12.5. The maximum Gasteiger partial charge on any atom is 0.221 e. The van der Waals surface area contributed by atoms with Gasteiger partial charge in [-0.2, -0.15) is 0 Å². The molecule has 0 atom stereocenters. The molecule has 0 saturated heterocycles. The number of nitrogens with one attached hydrogen (secondary N) is 2. The minimum Gasteiger partial charge on any atom is -0.356 e. The van der Waals surface area contributed by atoms with Gasteiger partial charge in [-0.15, -0.1) is 0 Å². The molecule has 3 nitrogen and oxygen atoms in total. The molecule has 1 aromatic carbocycles. The van der Waals surface area contributed by atoms with E-state index in [2.05, 4.69) is 10.6 Å². The van der Waals surface area contributed by atoms with Crippen molar-refractivity contribution < 1.29 is 4.79 Å². The molecule has 1 aromatic rings. The molecule has 1 fully saturated rings. The Morgan fingerprint density at radius 2 is 2.00 bits per heavy atom. The number of carbonyl (C=O) groups is 1. The summed E-state index contributed by atoms with van der Waals surface area (Å²) in [6.45, 7) is 1.45. The van der Waals surface area contributed by atoms with Crippen molar-refractivity contribution in [3.63, 3.8) is 0 Å². The van der Waals surface area contributed by atoms with Crippen LogP contribution < -0.4 is 10.6 Å². The average molecular weight is 309 g/mol. The van der Waals surface area contributed by atoms with Crippen molar-refractivity contribution in [3.05, 3.63) is 34.9 Å². The van der Waals surface area contributed by atoms with Crippen molar-refractivity contribution in [1.29, 1.82) is 0 Å². The first-order valence-corrected chi connectivity index (χ1v) is 8.36. The van der Waals surface area contributed by atoms with Crippen LogP contribution in [0, 0.1) is 0 Å². The van der Waals surface area contributed by atoms with E-state index in [9.17, 15) is 4.79 Å². The Labute approximate surface area is 132 Å². The number of halogens is 1. The third kappa shape index (κ3) is 6.49. The molecule has 4 heteroatoms. The molecule has 1 saturated carbocycles. The van der Waals surface area contributed by atoms with Gasteiger partial charge < -0.3 is 10.6 Å². The van der Waals surface area contributed by atoms with Crippen LogP contribution in [-0.2, 0) is 11.2 Å². The molecule has 116 valence electrons. The van der Waals surface area contributed by atoms with Crippen molar-refractivity contribution in [2.75, 3.05) is 13.1 Å². The molecule has 0 heterocycles. The van der Waals surface area contributed by atoms with E-state index in [0.717, 1.165) is 23.6 Å². The lowest BCUT2D eigenvalue weighted by Gasteiger charge is -2.22. The number of amides is 1. The van der Waals surface area contributed by atoms with Gasteiger partial charge >= 0.3 is 0 Å². The summed E-state index contributed by atoms with van der Waals surface area (Å²) in [7, 11) is 0. The van der Waals surface area contributed by atoms with Crippen LogP contribution >= 0.6 is 11.6 Å². The predicted octanol–water partition coefficient (Wildman–Crippen LogP) is 3.31. The Morgan fingerprint density at radius 3 is 2.76 bits per heavy atom. The maximum atomic E-state index is 11.8. The average Bonchev–Trinajstić information content (AvgIpc) is 2.48. The summed E-state index contributed by atoms with van der Waals surface area (Å²) in [5.74, 6) is 0.125. The first kappa shape index (κ1) is 16.3.